The molecule has 0 atom stereocenters. The smallest absolute Gasteiger partial charge is 0.0468 e. The van der Waals surface area contributed by atoms with Crippen LogP contribution in [0.4, 0.5) is 34.1 Å². The molecule has 0 amide bonds. The third-order valence-corrected chi connectivity index (χ3v) is 8.80. The highest BCUT2D eigenvalue weighted by Crippen LogP contribution is 2.39. The lowest BCUT2D eigenvalue weighted by Gasteiger charge is -2.26. The lowest BCUT2D eigenvalue weighted by molar-refractivity contribution is 1.28. The predicted octanol–water partition coefficient (Wildman–Crippen LogP) is 12.9. The first kappa shape index (κ1) is 28.4. The molecule has 7 aromatic rings. The number of fused-ring (bicyclic) bond motifs is 2. The van der Waals surface area contributed by atoms with Gasteiger partial charge in [-0.2, -0.15) is 0 Å². The molecule has 0 aromatic heterocycles. The number of rotatable bonds is 7. The van der Waals surface area contributed by atoms with Crippen molar-refractivity contribution in [2.45, 2.75) is 6.42 Å². The highest BCUT2D eigenvalue weighted by atomic mass is 15.1. The fraction of sp³-hybridized carbons (Fsp3) is 0.0222. The molecule has 0 aliphatic heterocycles. The van der Waals surface area contributed by atoms with E-state index in [4.69, 9.17) is 0 Å². The number of hydrogen-bond acceptors (Lipinski definition) is 2. The predicted molar refractivity (Wildman–Crippen MR) is 201 cm³/mol. The van der Waals surface area contributed by atoms with E-state index in [9.17, 15) is 0 Å². The summed E-state index contributed by atoms with van der Waals surface area (Å²) in [5, 5.41) is 2.47. The molecule has 2 nitrogen and oxygen atoms in total. The van der Waals surface area contributed by atoms with E-state index in [1.165, 1.54) is 33.0 Å². The van der Waals surface area contributed by atoms with Crippen molar-refractivity contribution in [1.82, 2.24) is 0 Å². The van der Waals surface area contributed by atoms with E-state index in [-0.39, 0.29) is 0 Å². The molecule has 0 saturated carbocycles. The third-order valence-electron chi connectivity index (χ3n) is 8.80. The normalized spacial score (nSPS) is 12.0. The van der Waals surface area contributed by atoms with Gasteiger partial charge in [0.1, 0.15) is 0 Å². The van der Waals surface area contributed by atoms with E-state index in [0.29, 0.717) is 0 Å². The summed E-state index contributed by atoms with van der Waals surface area (Å²) in [7, 11) is 0. The van der Waals surface area contributed by atoms with Gasteiger partial charge < -0.3 is 9.80 Å². The first-order valence-corrected chi connectivity index (χ1v) is 16.2. The minimum Gasteiger partial charge on any atom is -0.310 e. The van der Waals surface area contributed by atoms with Crippen LogP contribution in [0.2, 0.25) is 0 Å². The summed E-state index contributed by atoms with van der Waals surface area (Å²) >= 11 is 0. The van der Waals surface area contributed by atoms with Crippen LogP contribution in [0.3, 0.4) is 0 Å². The summed E-state index contributed by atoms with van der Waals surface area (Å²) < 4.78 is 0. The van der Waals surface area contributed by atoms with Crippen molar-refractivity contribution in [3.8, 4) is 11.1 Å². The van der Waals surface area contributed by atoms with Gasteiger partial charge in [0.2, 0.25) is 0 Å². The van der Waals surface area contributed by atoms with Crippen LogP contribution in [0.1, 0.15) is 17.5 Å². The summed E-state index contributed by atoms with van der Waals surface area (Å²) in [4.78, 5) is 4.65. The van der Waals surface area contributed by atoms with Crippen molar-refractivity contribution >= 4 is 57.0 Å². The lowest BCUT2D eigenvalue weighted by atomic mass is 10.0. The van der Waals surface area contributed by atoms with Gasteiger partial charge >= 0.3 is 0 Å². The summed E-state index contributed by atoms with van der Waals surface area (Å²) in [6, 6.07) is 60.9. The van der Waals surface area contributed by atoms with Crippen molar-refractivity contribution < 1.29 is 0 Å². The molecule has 0 spiro atoms. The molecule has 1 aliphatic rings. The molecule has 224 valence electrons. The monoisotopic (exact) mass is 602 g/mol. The number of nitrogens with zero attached hydrogens (tertiary/aromatic N) is 2. The molecule has 0 radical (unpaired) electrons. The Morgan fingerprint density at radius 2 is 0.766 bits per heavy atom. The maximum atomic E-state index is 2.33. The maximum Gasteiger partial charge on any atom is 0.0468 e. The summed E-state index contributed by atoms with van der Waals surface area (Å²) in [5.41, 5.74) is 11.6. The lowest BCUT2D eigenvalue weighted by Crippen LogP contribution is -2.10. The zero-order valence-corrected chi connectivity index (χ0v) is 26.1. The van der Waals surface area contributed by atoms with Gasteiger partial charge in [-0.05, 0) is 112 Å². The van der Waals surface area contributed by atoms with Crippen molar-refractivity contribution in [3.05, 3.63) is 193 Å². The summed E-state index contributed by atoms with van der Waals surface area (Å²) in [6.07, 6.45) is 9.84. The second-order valence-electron chi connectivity index (χ2n) is 11.8. The minimum absolute atomic E-state index is 0.961. The van der Waals surface area contributed by atoms with Crippen molar-refractivity contribution in [3.63, 3.8) is 0 Å². The standard InChI is InChI=1S/C45H34N2/c1-4-12-34-24-30-44(32-38(34)14-5-1)46(40-16-6-2-7-17-40)42-26-20-36(21-27-42)37-22-28-43(29-23-37)47(41-18-8-3-9-19-41)45-31-25-35-13-10-11-15-39(35)33-45/h2-33H,1H2. The molecule has 2 heteroatoms. The maximum absolute atomic E-state index is 2.33. The molecule has 0 N–H and O–H groups in total. The van der Waals surface area contributed by atoms with E-state index >= 15 is 0 Å². The van der Waals surface area contributed by atoms with Gasteiger partial charge in [-0.3, -0.25) is 0 Å². The van der Waals surface area contributed by atoms with Gasteiger partial charge in [0.15, 0.2) is 0 Å². The highest BCUT2D eigenvalue weighted by Gasteiger charge is 2.16. The van der Waals surface area contributed by atoms with Crippen LogP contribution in [-0.4, -0.2) is 0 Å². The fourth-order valence-electron chi connectivity index (χ4n) is 6.44. The van der Waals surface area contributed by atoms with Crippen molar-refractivity contribution in [2.75, 3.05) is 9.80 Å². The Hall–Kier alpha value is -6.12. The molecular formula is C45H34N2. The van der Waals surface area contributed by atoms with E-state index in [1.54, 1.807) is 0 Å². The minimum atomic E-state index is 0.961. The highest BCUT2D eigenvalue weighted by molar-refractivity contribution is 5.89. The Morgan fingerprint density at radius 1 is 0.319 bits per heavy atom. The number of hydrogen-bond donors (Lipinski definition) is 0. The average Bonchev–Trinajstić information content (AvgIpc) is 3.39. The van der Waals surface area contributed by atoms with Gasteiger partial charge in [-0.25, -0.2) is 0 Å². The Balaban J connectivity index is 1.12. The largest absolute Gasteiger partial charge is 0.310 e. The van der Waals surface area contributed by atoms with E-state index in [0.717, 1.165) is 40.5 Å². The Morgan fingerprint density at radius 3 is 1.36 bits per heavy atom. The van der Waals surface area contributed by atoms with Crippen LogP contribution in [0.15, 0.2) is 182 Å². The Kier molecular flexibility index (Phi) is 7.67. The first-order chi connectivity index (χ1) is 23.3. The topological polar surface area (TPSA) is 6.48 Å². The number of anilines is 6. The number of allylic oxidation sites excluding steroid dienone is 2. The van der Waals surface area contributed by atoms with Crippen LogP contribution in [0.25, 0.3) is 34.1 Å². The Labute approximate surface area is 276 Å². The zero-order chi connectivity index (χ0) is 31.4. The molecule has 0 bridgehead atoms. The molecule has 0 fully saturated rings. The second kappa shape index (κ2) is 12.7. The number of benzene rings is 7. The van der Waals surface area contributed by atoms with Crippen LogP contribution in [0.5, 0.6) is 0 Å². The van der Waals surface area contributed by atoms with Gasteiger partial charge in [-0.1, -0.05) is 121 Å². The second-order valence-corrected chi connectivity index (χ2v) is 11.8. The number of para-hydroxylation sites is 2. The molecular weight excluding hydrogens is 569 g/mol. The van der Waals surface area contributed by atoms with Crippen molar-refractivity contribution in [1.29, 1.82) is 0 Å². The average molecular weight is 603 g/mol. The molecule has 0 heterocycles. The zero-order valence-electron chi connectivity index (χ0n) is 26.1. The summed E-state index contributed by atoms with van der Waals surface area (Å²) in [5.74, 6) is 0. The summed E-state index contributed by atoms with van der Waals surface area (Å²) in [6.45, 7) is 0. The SMILES string of the molecule is C1=Cc2ccc(N(c3ccccc3)c3ccc(-c4ccc(N(c5ccccc5)c5ccc6ccccc6c5)cc4)cc3)cc2C=CC1. The van der Waals surface area contributed by atoms with E-state index < -0.39 is 0 Å². The Bertz CT molecular complexity index is 2200. The molecule has 7 aromatic carbocycles. The van der Waals surface area contributed by atoms with Crippen LogP contribution in [0, 0.1) is 0 Å². The van der Waals surface area contributed by atoms with Gasteiger partial charge in [0, 0.05) is 34.1 Å². The van der Waals surface area contributed by atoms with Gasteiger partial charge in [-0.15, -0.1) is 0 Å². The fourth-order valence-corrected chi connectivity index (χ4v) is 6.44. The van der Waals surface area contributed by atoms with Crippen molar-refractivity contribution in [2.24, 2.45) is 0 Å². The molecule has 0 saturated heterocycles. The molecule has 47 heavy (non-hydrogen) atoms. The van der Waals surface area contributed by atoms with E-state index in [2.05, 4.69) is 204 Å². The van der Waals surface area contributed by atoms with Crippen LogP contribution in [-0.2, 0) is 0 Å². The van der Waals surface area contributed by atoms with E-state index in [1.807, 2.05) is 0 Å². The molecule has 8 rings (SSSR count). The van der Waals surface area contributed by atoms with Crippen LogP contribution < -0.4 is 9.80 Å². The molecule has 0 unspecified atom stereocenters. The molecule has 1 aliphatic carbocycles. The third kappa shape index (κ3) is 5.85. The van der Waals surface area contributed by atoms with Gasteiger partial charge in [0.25, 0.3) is 0 Å². The first-order valence-electron chi connectivity index (χ1n) is 16.2. The quantitative estimate of drug-likeness (QED) is 0.179. The van der Waals surface area contributed by atoms with Crippen LogP contribution >= 0.6 is 0 Å². The van der Waals surface area contributed by atoms with Gasteiger partial charge in [0.05, 0.1) is 0 Å².